The normalized spacial score (nSPS) is 16.3. The minimum absolute atomic E-state index is 0.228. The van der Waals surface area contributed by atoms with Gasteiger partial charge in [0.1, 0.15) is 16.7 Å². The second kappa shape index (κ2) is 6.62. The molecule has 2 rings (SSSR count). The maximum Gasteiger partial charge on any atom is 0.329 e. The molecule has 1 aromatic rings. The van der Waals surface area contributed by atoms with Gasteiger partial charge < -0.3 is 14.4 Å². The predicted molar refractivity (Wildman–Crippen MR) is 86.0 cm³/mol. The quantitative estimate of drug-likeness (QED) is 0.451. The Hall–Kier alpha value is -1.77. The van der Waals surface area contributed by atoms with Crippen LogP contribution in [0.4, 0.5) is 5.69 Å². The summed E-state index contributed by atoms with van der Waals surface area (Å²) in [6.07, 6.45) is 0.627. The summed E-state index contributed by atoms with van der Waals surface area (Å²) in [7, 11) is -4.50. The van der Waals surface area contributed by atoms with Crippen molar-refractivity contribution in [2.45, 2.75) is 37.5 Å². The van der Waals surface area contributed by atoms with Crippen molar-refractivity contribution in [3.63, 3.8) is 0 Å². The Bertz CT molecular complexity index is 795. The maximum absolute atomic E-state index is 11.3. The number of carboxylic acids is 1. The summed E-state index contributed by atoms with van der Waals surface area (Å²) < 4.78 is 40.9. The van der Waals surface area contributed by atoms with Gasteiger partial charge in [-0.05, 0) is 26.0 Å². The van der Waals surface area contributed by atoms with E-state index >= 15 is 0 Å². The maximum atomic E-state index is 11.3. The number of carboxylic acid groups (broad SMARTS) is 1. The molecule has 0 aromatic heterocycles. The fraction of sp³-hybridized carbons (Fsp3) is 0.500. The minimum atomic E-state index is -4.50. The summed E-state index contributed by atoms with van der Waals surface area (Å²) in [6.45, 7) is 6.52. The van der Waals surface area contributed by atoms with E-state index in [-0.39, 0.29) is 11.5 Å². The van der Waals surface area contributed by atoms with Crippen molar-refractivity contribution in [3.8, 4) is 0 Å². The van der Waals surface area contributed by atoms with Gasteiger partial charge in [-0.25, -0.2) is 13.2 Å². The van der Waals surface area contributed by atoms with Gasteiger partial charge in [0.25, 0.3) is 0 Å². The zero-order valence-electron chi connectivity index (χ0n) is 13.9. The van der Waals surface area contributed by atoms with Crippen LogP contribution in [0.2, 0.25) is 0 Å². The first-order valence-corrected chi connectivity index (χ1v) is 8.97. The van der Waals surface area contributed by atoms with E-state index in [2.05, 4.69) is 4.58 Å². The third-order valence-electron chi connectivity index (χ3n) is 4.43. The standard InChI is InChI=1S/C16H21NO6S/c1-11-16(2,3)13-9-12(24(20,21)22)5-6-14(13)17(11)7-4-8-23-10-15(18)19/h5-6,9H,4,7-8,10H2,1-3H3,(H-,18,19,20,21,22). The number of aliphatic carboxylic acids is 1. The first-order chi connectivity index (χ1) is 11.0. The Labute approximate surface area is 141 Å². The fourth-order valence-electron chi connectivity index (χ4n) is 2.89. The van der Waals surface area contributed by atoms with Crippen LogP contribution in [-0.4, -0.2) is 54.1 Å². The molecule has 0 saturated carbocycles. The van der Waals surface area contributed by atoms with E-state index in [1.54, 1.807) is 6.07 Å². The summed E-state index contributed by atoms with van der Waals surface area (Å²) in [4.78, 5) is 10.2. The lowest BCUT2D eigenvalue weighted by Gasteiger charge is -2.16. The molecule has 0 aliphatic carbocycles. The number of ether oxygens (including phenoxy) is 1. The highest BCUT2D eigenvalue weighted by atomic mass is 32.2. The van der Waals surface area contributed by atoms with Crippen LogP contribution in [0.15, 0.2) is 23.1 Å². The zero-order chi connectivity index (χ0) is 18.1. The summed E-state index contributed by atoms with van der Waals surface area (Å²) in [6, 6.07) is 4.42. The van der Waals surface area contributed by atoms with Gasteiger partial charge in [-0.15, -0.1) is 0 Å². The molecule has 132 valence electrons. The van der Waals surface area contributed by atoms with Crippen LogP contribution < -0.4 is 0 Å². The second-order valence-corrected chi connectivity index (χ2v) is 7.67. The van der Waals surface area contributed by atoms with Crippen molar-refractivity contribution in [3.05, 3.63) is 23.8 Å². The summed E-state index contributed by atoms with van der Waals surface area (Å²) in [5, 5.41) is 8.54. The third-order valence-corrected chi connectivity index (χ3v) is 5.26. The molecule has 1 aliphatic heterocycles. The predicted octanol–water partition coefficient (Wildman–Crippen LogP) is 1.48. The molecule has 0 radical (unpaired) electrons. The number of hydrogen-bond acceptors (Lipinski definition) is 5. The minimum Gasteiger partial charge on any atom is -0.744 e. The Kier molecular flexibility index (Phi) is 5.12. The van der Waals surface area contributed by atoms with E-state index in [1.807, 2.05) is 20.8 Å². The molecule has 0 atom stereocenters. The van der Waals surface area contributed by atoms with Crippen molar-refractivity contribution >= 4 is 27.5 Å². The van der Waals surface area contributed by atoms with Gasteiger partial charge in [-0.2, -0.15) is 4.58 Å². The molecule has 1 N–H and O–H groups in total. The molecule has 1 aromatic carbocycles. The smallest absolute Gasteiger partial charge is 0.329 e. The molecule has 7 nitrogen and oxygen atoms in total. The van der Waals surface area contributed by atoms with Crippen LogP contribution >= 0.6 is 0 Å². The van der Waals surface area contributed by atoms with Crippen LogP contribution in [0.1, 0.15) is 32.8 Å². The lowest BCUT2D eigenvalue weighted by Crippen LogP contribution is -2.27. The first-order valence-electron chi connectivity index (χ1n) is 7.56. The van der Waals surface area contributed by atoms with Gasteiger partial charge in [0.2, 0.25) is 5.69 Å². The van der Waals surface area contributed by atoms with E-state index in [0.29, 0.717) is 19.6 Å². The Morgan fingerprint density at radius 2 is 2.04 bits per heavy atom. The highest BCUT2D eigenvalue weighted by Gasteiger charge is 2.43. The first kappa shape index (κ1) is 18.6. The highest BCUT2D eigenvalue weighted by molar-refractivity contribution is 7.85. The molecule has 0 saturated heterocycles. The molecule has 0 amide bonds. The monoisotopic (exact) mass is 355 g/mol. The van der Waals surface area contributed by atoms with Crippen LogP contribution in [0.5, 0.6) is 0 Å². The molecule has 0 fully saturated rings. The van der Waals surface area contributed by atoms with Gasteiger partial charge in [0, 0.05) is 25.0 Å². The van der Waals surface area contributed by atoms with E-state index in [9.17, 15) is 17.8 Å². The summed E-state index contributed by atoms with van der Waals surface area (Å²) >= 11 is 0. The molecular weight excluding hydrogens is 334 g/mol. The summed E-state index contributed by atoms with van der Waals surface area (Å²) in [5.74, 6) is -1.00. The zero-order valence-corrected chi connectivity index (χ0v) is 14.7. The lowest BCUT2D eigenvalue weighted by molar-refractivity contribution is -0.440. The number of hydrogen-bond donors (Lipinski definition) is 1. The number of rotatable bonds is 7. The van der Waals surface area contributed by atoms with Crippen LogP contribution in [0, 0.1) is 0 Å². The highest BCUT2D eigenvalue weighted by Crippen LogP contribution is 2.40. The number of nitrogens with zero attached hydrogens (tertiary/aromatic N) is 1. The topological polar surface area (TPSA) is 107 Å². The van der Waals surface area contributed by atoms with Gasteiger partial charge in [0.05, 0.1) is 16.9 Å². The molecule has 0 unspecified atom stereocenters. The van der Waals surface area contributed by atoms with E-state index < -0.39 is 21.5 Å². The van der Waals surface area contributed by atoms with Gasteiger partial charge in [-0.1, -0.05) is 0 Å². The van der Waals surface area contributed by atoms with Crippen LogP contribution in [0.25, 0.3) is 0 Å². The molecule has 1 heterocycles. The molecule has 0 bridgehead atoms. The van der Waals surface area contributed by atoms with E-state index in [0.717, 1.165) is 17.0 Å². The largest absolute Gasteiger partial charge is 0.744 e. The number of carbonyl (C=O) groups is 1. The average Bonchev–Trinajstić information content (AvgIpc) is 2.66. The van der Waals surface area contributed by atoms with Crippen LogP contribution in [0.3, 0.4) is 0 Å². The summed E-state index contributed by atoms with van der Waals surface area (Å²) in [5.41, 5.74) is 2.31. The molecular formula is C16H21NO6S. The molecule has 1 aliphatic rings. The van der Waals surface area contributed by atoms with Crippen molar-refractivity contribution in [1.29, 1.82) is 0 Å². The Morgan fingerprint density at radius 3 is 2.62 bits per heavy atom. The van der Waals surface area contributed by atoms with Gasteiger partial charge in [-0.3, -0.25) is 0 Å². The number of benzene rings is 1. The van der Waals surface area contributed by atoms with Crippen LogP contribution in [-0.2, 0) is 25.1 Å². The van der Waals surface area contributed by atoms with Crippen molar-refractivity contribution in [1.82, 2.24) is 0 Å². The molecule has 8 heteroatoms. The van der Waals surface area contributed by atoms with Crippen molar-refractivity contribution in [2.75, 3.05) is 19.8 Å². The third kappa shape index (κ3) is 3.66. The van der Waals surface area contributed by atoms with E-state index in [4.69, 9.17) is 9.84 Å². The van der Waals surface area contributed by atoms with Gasteiger partial charge >= 0.3 is 5.97 Å². The molecule has 24 heavy (non-hydrogen) atoms. The van der Waals surface area contributed by atoms with Crippen molar-refractivity contribution in [2.24, 2.45) is 0 Å². The Balaban J connectivity index is 2.22. The second-order valence-electron chi connectivity index (χ2n) is 6.30. The van der Waals surface area contributed by atoms with Crippen molar-refractivity contribution < 1.29 is 32.2 Å². The lowest BCUT2D eigenvalue weighted by atomic mass is 9.82. The van der Waals surface area contributed by atoms with E-state index in [1.165, 1.54) is 12.1 Å². The number of fused-ring (bicyclic) bond motifs is 1. The van der Waals surface area contributed by atoms with Gasteiger partial charge in [0.15, 0.2) is 12.3 Å². The molecule has 0 spiro atoms. The SMILES string of the molecule is CC1=[N+](CCCOCC(=O)O)c2ccc(S(=O)(=O)[O-])cc2C1(C)C. The Morgan fingerprint density at radius 1 is 1.38 bits per heavy atom. The average molecular weight is 355 g/mol. The fourth-order valence-corrected chi connectivity index (χ4v) is 3.39.